The third-order valence-electron chi connectivity index (χ3n) is 4.06. The number of nitrogens with one attached hydrogen (secondary N) is 1. The first-order chi connectivity index (χ1) is 10.8. The molecule has 5 nitrogen and oxygen atoms in total. The zero-order chi connectivity index (χ0) is 17.2. The molecular formula is C16H20N4OS2. The Kier molecular flexibility index (Phi) is 5.27. The lowest BCUT2D eigenvalue weighted by Gasteiger charge is -2.27. The van der Waals surface area contributed by atoms with Crippen molar-refractivity contribution in [1.29, 1.82) is 5.26 Å². The third-order valence-corrected chi connectivity index (χ3v) is 6.16. The van der Waals surface area contributed by atoms with Gasteiger partial charge in [0, 0.05) is 10.3 Å². The molecule has 0 aromatic carbocycles. The molecule has 23 heavy (non-hydrogen) atoms. The Balaban J connectivity index is 2.13. The summed E-state index contributed by atoms with van der Waals surface area (Å²) in [5.41, 5.74) is 0.311. The molecule has 2 aromatic heterocycles. The molecule has 2 aromatic rings. The van der Waals surface area contributed by atoms with Crippen molar-refractivity contribution < 1.29 is 4.79 Å². The number of thiophene rings is 1. The minimum absolute atomic E-state index is 0.0361. The van der Waals surface area contributed by atoms with Crippen LogP contribution >= 0.6 is 23.1 Å². The monoisotopic (exact) mass is 348 g/mol. The van der Waals surface area contributed by atoms with Gasteiger partial charge in [0.2, 0.25) is 5.91 Å². The molecule has 0 unspecified atom stereocenters. The SMILES string of the molecule is Cc1sc2ncnc(SCC(=O)N[C@@](C)(C#N)C(C)C)c2c1C. The van der Waals surface area contributed by atoms with E-state index in [-0.39, 0.29) is 17.6 Å². The van der Waals surface area contributed by atoms with E-state index >= 15 is 0 Å². The van der Waals surface area contributed by atoms with Gasteiger partial charge in [-0.1, -0.05) is 25.6 Å². The van der Waals surface area contributed by atoms with Crippen LogP contribution in [0.5, 0.6) is 0 Å². The van der Waals surface area contributed by atoms with Gasteiger partial charge in [0.1, 0.15) is 21.7 Å². The predicted octanol–water partition coefficient (Wildman–Crippen LogP) is 3.45. The first-order valence-electron chi connectivity index (χ1n) is 7.34. The number of rotatable bonds is 5. The number of amides is 1. The first-order valence-corrected chi connectivity index (χ1v) is 9.14. The van der Waals surface area contributed by atoms with Crippen molar-refractivity contribution >= 4 is 39.2 Å². The van der Waals surface area contributed by atoms with E-state index in [9.17, 15) is 10.1 Å². The molecule has 0 saturated heterocycles. The highest BCUT2D eigenvalue weighted by Crippen LogP contribution is 2.34. The molecule has 1 amide bonds. The molecule has 7 heteroatoms. The van der Waals surface area contributed by atoms with E-state index in [4.69, 9.17) is 0 Å². The second-order valence-corrected chi connectivity index (χ2v) is 8.12. The topological polar surface area (TPSA) is 78.7 Å². The van der Waals surface area contributed by atoms with Crippen molar-refractivity contribution in [3.63, 3.8) is 0 Å². The lowest BCUT2D eigenvalue weighted by atomic mass is 9.90. The van der Waals surface area contributed by atoms with Crippen molar-refractivity contribution in [3.05, 3.63) is 16.8 Å². The summed E-state index contributed by atoms with van der Waals surface area (Å²) < 4.78 is 0. The van der Waals surface area contributed by atoms with Crippen LogP contribution in [0.15, 0.2) is 11.4 Å². The Morgan fingerprint density at radius 1 is 1.48 bits per heavy atom. The molecule has 1 atom stereocenters. The highest BCUT2D eigenvalue weighted by molar-refractivity contribution is 8.00. The maximum Gasteiger partial charge on any atom is 0.231 e. The molecule has 1 N–H and O–H groups in total. The van der Waals surface area contributed by atoms with Crippen molar-refractivity contribution in [3.8, 4) is 6.07 Å². The summed E-state index contributed by atoms with van der Waals surface area (Å²) in [4.78, 5) is 23.0. The lowest BCUT2D eigenvalue weighted by molar-refractivity contribution is -0.120. The minimum atomic E-state index is -0.854. The van der Waals surface area contributed by atoms with E-state index in [1.165, 1.54) is 23.0 Å². The average molecular weight is 348 g/mol. The summed E-state index contributed by atoms with van der Waals surface area (Å²) in [6.45, 7) is 9.69. The zero-order valence-electron chi connectivity index (χ0n) is 13.9. The van der Waals surface area contributed by atoms with E-state index in [0.717, 1.165) is 20.8 Å². The summed E-state index contributed by atoms with van der Waals surface area (Å²) in [6.07, 6.45) is 1.53. The largest absolute Gasteiger partial charge is 0.337 e. The Bertz CT molecular complexity index is 778. The zero-order valence-corrected chi connectivity index (χ0v) is 15.6. The molecule has 0 radical (unpaired) electrons. The molecule has 0 aliphatic rings. The predicted molar refractivity (Wildman–Crippen MR) is 94.6 cm³/mol. The van der Waals surface area contributed by atoms with Crippen molar-refractivity contribution in [2.45, 2.75) is 45.2 Å². The molecule has 122 valence electrons. The van der Waals surface area contributed by atoms with Crippen LogP contribution in [0.2, 0.25) is 0 Å². The highest BCUT2D eigenvalue weighted by atomic mass is 32.2. The molecular weight excluding hydrogens is 328 g/mol. The summed E-state index contributed by atoms with van der Waals surface area (Å²) in [7, 11) is 0. The van der Waals surface area contributed by atoms with E-state index in [1.807, 2.05) is 20.8 Å². The van der Waals surface area contributed by atoms with E-state index in [0.29, 0.717) is 0 Å². The number of carbonyl (C=O) groups excluding carboxylic acids is 1. The van der Waals surface area contributed by atoms with Crippen LogP contribution in [-0.2, 0) is 4.79 Å². The smallest absolute Gasteiger partial charge is 0.231 e. The summed E-state index contributed by atoms with van der Waals surface area (Å²) >= 11 is 3.02. The van der Waals surface area contributed by atoms with Gasteiger partial charge < -0.3 is 5.32 Å². The second-order valence-electron chi connectivity index (χ2n) is 5.95. The fraction of sp³-hybridized carbons (Fsp3) is 0.500. The highest BCUT2D eigenvalue weighted by Gasteiger charge is 2.30. The Hall–Kier alpha value is -1.65. The number of nitrogens with zero attached hydrogens (tertiary/aromatic N) is 3. The van der Waals surface area contributed by atoms with Gasteiger partial charge in [0.05, 0.1) is 11.8 Å². The Morgan fingerprint density at radius 3 is 2.78 bits per heavy atom. The maximum absolute atomic E-state index is 12.2. The van der Waals surface area contributed by atoms with Crippen molar-refractivity contribution in [2.75, 3.05) is 5.75 Å². The Labute approximate surface area is 144 Å². The average Bonchev–Trinajstić information content (AvgIpc) is 2.80. The number of fused-ring (bicyclic) bond motifs is 1. The molecule has 0 fully saturated rings. The summed E-state index contributed by atoms with van der Waals surface area (Å²) in [5, 5.41) is 13.9. The molecule has 0 bridgehead atoms. The van der Waals surface area contributed by atoms with Gasteiger partial charge in [-0.3, -0.25) is 4.79 Å². The molecule has 0 spiro atoms. The van der Waals surface area contributed by atoms with Crippen LogP contribution in [0.3, 0.4) is 0 Å². The van der Waals surface area contributed by atoms with Gasteiger partial charge >= 0.3 is 0 Å². The van der Waals surface area contributed by atoms with E-state index in [2.05, 4.69) is 28.3 Å². The van der Waals surface area contributed by atoms with Crippen molar-refractivity contribution in [1.82, 2.24) is 15.3 Å². The molecule has 2 heterocycles. The van der Waals surface area contributed by atoms with Gasteiger partial charge in [-0.25, -0.2) is 9.97 Å². The van der Waals surface area contributed by atoms with Crippen LogP contribution < -0.4 is 5.32 Å². The standard InChI is InChI=1S/C16H20N4OS2/c1-9(2)16(5,7-17)20-12(21)6-22-14-13-10(3)11(4)23-15(13)19-8-18-14/h8-9H,6H2,1-5H3,(H,20,21)/t16-/m0/s1. The number of hydrogen-bond acceptors (Lipinski definition) is 6. The summed E-state index contributed by atoms with van der Waals surface area (Å²) in [6, 6.07) is 2.18. The van der Waals surface area contributed by atoms with Crippen molar-refractivity contribution in [2.24, 2.45) is 5.92 Å². The van der Waals surface area contributed by atoms with Crippen LogP contribution in [0, 0.1) is 31.1 Å². The molecule has 0 aliphatic heterocycles. The lowest BCUT2D eigenvalue weighted by Crippen LogP contribution is -2.49. The number of aromatic nitrogens is 2. The first kappa shape index (κ1) is 17.7. The molecule has 0 saturated carbocycles. The molecule has 2 rings (SSSR count). The van der Waals surface area contributed by atoms with E-state index in [1.54, 1.807) is 18.3 Å². The number of thioether (sulfide) groups is 1. The van der Waals surface area contributed by atoms with Gasteiger partial charge in [-0.15, -0.1) is 11.3 Å². The third kappa shape index (κ3) is 3.65. The fourth-order valence-corrected chi connectivity index (χ4v) is 3.94. The quantitative estimate of drug-likeness (QED) is 0.661. The van der Waals surface area contributed by atoms with Crippen LogP contribution in [0.1, 0.15) is 31.2 Å². The van der Waals surface area contributed by atoms with E-state index < -0.39 is 5.54 Å². The number of carbonyl (C=O) groups is 1. The van der Waals surface area contributed by atoms with Crippen LogP contribution in [0.4, 0.5) is 0 Å². The number of aryl methyl sites for hydroxylation is 2. The minimum Gasteiger partial charge on any atom is -0.337 e. The van der Waals surface area contributed by atoms with Gasteiger partial charge in [-0.05, 0) is 32.3 Å². The Morgan fingerprint density at radius 2 is 2.17 bits per heavy atom. The van der Waals surface area contributed by atoms with Gasteiger partial charge in [-0.2, -0.15) is 5.26 Å². The summed E-state index contributed by atoms with van der Waals surface area (Å²) in [5.74, 6) is 0.0999. The normalized spacial score (nSPS) is 13.8. The fourth-order valence-electron chi connectivity index (χ4n) is 2.02. The van der Waals surface area contributed by atoms with Gasteiger partial charge in [0.15, 0.2) is 0 Å². The number of hydrogen-bond donors (Lipinski definition) is 1. The maximum atomic E-state index is 12.2. The van der Waals surface area contributed by atoms with Crippen LogP contribution in [-0.4, -0.2) is 27.2 Å². The van der Waals surface area contributed by atoms with Gasteiger partial charge in [0.25, 0.3) is 0 Å². The number of nitriles is 1. The van der Waals surface area contributed by atoms with Crippen LogP contribution in [0.25, 0.3) is 10.2 Å². The second kappa shape index (κ2) is 6.85. The molecule has 0 aliphatic carbocycles.